The average molecular weight is 629 g/mol. The van der Waals surface area contributed by atoms with Gasteiger partial charge in [-0.3, -0.25) is 0 Å². The number of anilines is 1. The van der Waals surface area contributed by atoms with Crippen LogP contribution in [-0.2, 0) is 17.8 Å². The van der Waals surface area contributed by atoms with E-state index in [1.54, 1.807) is 12.1 Å². The van der Waals surface area contributed by atoms with Gasteiger partial charge in [0.2, 0.25) is 0 Å². The van der Waals surface area contributed by atoms with E-state index in [1.165, 1.54) is 0 Å². The van der Waals surface area contributed by atoms with Crippen molar-refractivity contribution in [3.8, 4) is 11.1 Å². The number of aromatic carboxylic acids is 1. The number of unbranched alkanes of at least 4 members (excludes halogenated alkanes) is 1. The van der Waals surface area contributed by atoms with Gasteiger partial charge >= 0.3 is 24.1 Å². The molecule has 45 heavy (non-hydrogen) atoms. The predicted octanol–water partition coefficient (Wildman–Crippen LogP) is 6.23. The number of carboxylic acid groups (broad SMARTS) is 2. The lowest BCUT2D eigenvalue weighted by molar-refractivity contribution is -0.192. The Kier molecular flexibility index (Phi) is 11.7. The molecule has 4 aromatic rings. The Morgan fingerprint density at radius 3 is 2.20 bits per heavy atom. The van der Waals surface area contributed by atoms with E-state index in [9.17, 15) is 27.9 Å². The van der Waals surface area contributed by atoms with E-state index < -0.39 is 18.1 Å². The van der Waals surface area contributed by atoms with Crippen molar-refractivity contribution in [3.05, 3.63) is 83.7 Å². The highest BCUT2D eigenvalue weighted by Gasteiger charge is 2.38. The second-order valence-electron chi connectivity index (χ2n) is 10.4. The second kappa shape index (κ2) is 15.2. The van der Waals surface area contributed by atoms with Crippen LogP contribution in [0.15, 0.2) is 66.7 Å². The molecule has 0 unspecified atom stereocenters. The van der Waals surface area contributed by atoms with Gasteiger partial charge in [0.25, 0.3) is 0 Å². The van der Waals surface area contributed by atoms with Gasteiger partial charge in [0.05, 0.1) is 16.6 Å². The number of imidazole rings is 1. The van der Waals surface area contributed by atoms with Crippen LogP contribution in [0.25, 0.3) is 22.2 Å². The molecule has 1 aromatic heterocycles. The van der Waals surface area contributed by atoms with Gasteiger partial charge in [-0.15, -0.1) is 0 Å². The molecule has 0 bridgehead atoms. The molecule has 0 saturated carbocycles. The molecule has 3 aromatic carbocycles. The maximum Gasteiger partial charge on any atom is 0.490 e. The first kappa shape index (κ1) is 34.6. The fraction of sp³-hybridized carbons (Fsp3) is 0.312. The number of amides is 2. The molecular weight excluding hydrogens is 593 g/mol. The number of likely N-dealkylation sites (tertiary alicyclic amines) is 1. The topological polar surface area (TPSA) is 156 Å². The number of rotatable bonds is 8. The van der Waals surface area contributed by atoms with Crippen LogP contribution in [0.5, 0.6) is 0 Å². The fourth-order valence-electron chi connectivity index (χ4n) is 4.97. The van der Waals surface area contributed by atoms with Crippen molar-refractivity contribution >= 4 is 34.7 Å². The number of carbonyl (C=O) groups excluding carboxylic acids is 1. The summed E-state index contributed by atoms with van der Waals surface area (Å²) in [6, 6.07) is 21.0. The first-order valence-electron chi connectivity index (χ1n) is 14.2. The summed E-state index contributed by atoms with van der Waals surface area (Å²) in [7, 11) is 0. The lowest BCUT2D eigenvalue weighted by Crippen LogP contribution is -2.32. The third-order valence-corrected chi connectivity index (χ3v) is 7.23. The molecule has 1 fully saturated rings. The number of hydrogen-bond acceptors (Lipinski definition) is 4. The molecule has 5 rings (SSSR count). The van der Waals surface area contributed by atoms with E-state index in [1.807, 2.05) is 59.5 Å². The van der Waals surface area contributed by atoms with Crippen molar-refractivity contribution in [2.75, 3.05) is 18.4 Å². The van der Waals surface area contributed by atoms with E-state index in [0.717, 1.165) is 78.9 Å². The summed E-state index contributed by atoms with van der Waals surface area (Å²) < 4.78 is 34.0. The Labute approximate surface area is 257 Å². The van der Waals surface area contributed by atoms with Crippen LogP contribution in [0.3, 0.4) is 0 Å². The SMILES string of the molecule is CCCCc1nc2ccc(NC(=O)N3CCCC3)cc2n1Cc1ccc(-c2ccccc2C(=O)O)cc1.O.O=C(O)C(F)(F)F. The van der Waals surface area contributed by atoms with E-state index in [-0.39, 0.29) is 11.5 Å². The van der Waals surface area contributed by atoms with Crippen LogP contribution in [0, 0.1) is 0 Å². The van der Waals surface area contributed by atoms with Gasteiger partial charge in [-0.25, -0.2) is 19.4 Å². The molecule has 0 spiro atoms. The van der Waals surface area contributed by atoms with E-state index >= 15 is 0 Å². The zero-order chi connectivity index (χ0) is 31.9. The summed E-state index contributed by atoms with van der Waals surface area (Å²) in [5.41, 5.74) is 5.64. The number of benzene rings is 3. The van der Waals surface area contributed by atoms with Crippen molar-refractivity contribution in [3.63, 3.8) is 0 Å². The predicted molar refractivity (Wildman–Crippen MR) is 163 cm³/mol. The summed E-state index contributed by atoms with van der Waals surface area (Å²) >= 11 is 0. The van der Waals surface area contributed by atoms with Gasteiger partial charge in [-0.2, -0.15) is 13.2 Å². The minimum absolute atomic E-state index is 0. The number of carbonyl (C=O) groups is 3. The van der Waals surface area contributed by atoms with Crippen molar-refractivity contribution in [2.24, 2.45) is 0 Å². The Hall–Kier alpha value is -4.91. The molecule has 1 saturated heterocycles. The molecule has 5 N–H and O–H groups in total. The molecule has 2 heterocycles. The van der Waals surface area contributed by atoms with E-state index in [4.69, 9.17) is 14.9 Å². The highest BCUT2D eigenvalue weighted by molar-refractivity contribution is 5.96. The smallest absolute Gasteiger partial charge is 0.478 e. The molecule has 240 valence electrons. The quantitative estimate of drug-likeness (QED) is 0.210. The number of fused-ring (bicyclic) bond motifs is 1. The van der Waals surface area contributed by atoms with Crippen LogP contribution >= 0.6 is 0 Å². The molecule has 0 aliphatic carbocycles. The van der Waals surface area contributed by atoms with Crippen LogP contribution in [0.4, 0.5) is 23.7 Å². The summed E-state index contributed by atoms with van der Waals surface area (Å²) in [5.74, 6) is -2.66. The van der Waals surface area contributed by atoms with Crippen molar-refractivity contribution in [1.29, 1.82) is 0 Å². The monoisotopic (exact) mass is 628 g/mol. The lowest BCUT2D eigenvalue weighted by Gasteiger charge is -2.16. The van der Waals surface area contributed by atoms with Crippen molar-refractivity contribution < 1.29 is 43.2 Å². The molecule has 2 amide bonds. The number of urea groups is 1. The van der Waals surface area contributed by atoms with Crippen LogP contribution in [0.1, 0.15) is 54.4 Å². The average Bonchev–Trinajstić information content (AvgIpc) is 3.65. The summed E-state index contributed by atoms with van der Waals surface area (Å²) in [6.45, 7) is 4.42. The third kappa shape index (κ3) is 8.82. The molecule has 10 nitrogen and oxygen atoms in total. The standard InChI is InChI=1S/C30H32N4O3.C2HF3O2.H2O/c1-2-3-10-28-32-26-16-15-23(31-30(37)33-17-6-7-18-33)19-27(26)34(28)20-21-11-13-22(14-12-21)24-8-4-5-9-25(24)29(35)36;3-2(4,5)1(6)7;/h4-5,8-9,11-16,19H,2-3,6-7,10,17-18,20H2,1H3,(H,31,37)(H,35,36);(H,6,7);1H2. The highest BCUT2D eigenvalue weighted by atomic mass is 19.4. The Balaban J connectivity index is 0.000000621. The number of nitrogens with one attached hydrogen (secondary N) is 1. The van der Waals surface area contributed by atoms with Gasteiger partial charge in [0.1, 0.15) is 5.82 Å². The number of aromatic nitrogens is 2. The van der Waals surface area contributed by atoms with E-state index in [0.29, 0.717) is 17.7 Å². The first-order valence-corrected chi connectivity index (χ1v) is 14.2. The van der Waals surface area contributed by atoms with Crippen molar-refractivity contribution in [2.45, 2.75) is 51.7 Å². The highest BCUT2D eigenvalue weighted by Crippen LogP contribution is 2.27. The Morgan fingerprint density at radius 1 is 0.956 bits per heavy atom. The zero-order valence-electron chi connectivity index (χ0n) is 24.6. The van der Waals surface area contributed by atoms with Gasteiger partial charge in [-0.1, -0.05) is 55.8 Å². The maximum absolute atomic E-state index is 12.6. The number of aliphatic carboxylic acids is 1. The normalized spacial score (nSPS) is 12.7. The summed E-state index contributed by atoms with van der Waals surface area (Å²) in [4.78, 5) is 40.0. The van der Waals surface area contributed by atoms with Crippen LogP contribution < -0.4 is 5.32 Å². The number of nitrogens with zero attached hydrogens (tertiary/aromatic N) is 3. The number of halogens is 3. The number of carboxylic acids is 2. The van der Waals surface area contributed by atoms with Crippen molar-refractivity contribution in [1.82, 2.24) is 14.5 Å². The first-order chi connectivity index (χ1) is 21.0. The van der Waals surface area contributed by atoms with Gasteiger partial charge in [-0.05, 0) is 60.2 Å². The number of aryl methyl sites for hydroxylation is 1. The molecule has 13 heteroatoms. The molecular formula is C32H35F3N4O6. The fourth-order valence-corrected chi connectivity index (χ4v) is 4.97. The Morgan fingerprint density at radius 2 is 1.60 bits per heavy atom. The molecule has 0 radical (unpaired) electrons. The van der Waals surface area contributed by atoms with Crippen LogP contribution in [-0.4, -0.2) is 67.4 Å². The van der Waals surface area contributed by atoms with Gasteiger partial charge in [0, 0.05) is 31.7 Å². The molecule has 1 aliphatic heterocycles. The minimum atomic E-state index is -5.08. The largest absolute Gasteiger partial charge is 0.490 e. The number of alkyl halides is 3. The van der Waals surface area contributed by atoms with Gasteiger partial charge < -0.3 is 30.5 Å². The molecule has 0 atom stereocenters. The van der Waals surface area contributed by atoms with Gasteiger partial charge in [0.15, 0.2) is 0 Å². The van der Waals surface area contributed by atoms with Crippen LogP contribution in [0.2, 0.25) is 0 Å². The zero-order valence-corrected chi connectivity index (χ0v) is 24.6. The van der Waals surface area contributed by atoms with E-state index in [2.05, 4.69) is 16.8 Å². The minimum Gasteiger partial charge on any atom is -0.478 e. The number of hydrogen-bond donors (Lipinski definition) is 3. The second-order valence-corrected chi connectivity index (χ2v) is 10.4. The summed E-state index contributed by atoms with van der Waals surface area (Å²) in [5, 5.41) is 19.7. The lowest BCUT2D eigenvalue weighted by atomic mass is 9.99. The maximum atomic E-state index is 12.6. The summed E-state index contributed by atoms with van der Waals surface area (Å²) in [6.07, 6.45) is 0.0386. The Bertz CT molecular complexity index is 1630. The third-order valence-electron chi connectivity index (χ3n) is 7.23. The molecule has 1 aliphatic rings.